The third-order valence-corrected chi connectivity index (χ3v) is 3.56. The fraction of sp³-hybridized carbons (Fsp3) is 0.857. The van der Waals surface area contributed by atoms with Crippen LogP contribution in [0.2, 0.25) is 0 Å². The van der Waals surface area contributed by atoms with Crippen LogP contribution in [0.5, 0.6) is 0 Å². The van der Waals surface area contributed by atoms with Crippen molar-refractivity contribution in [3.05, 3.63) is 12.7 Å². The predicted octanol–water partition coefficient (Wildman–Crippen LogP) is 2.35. The van der Waals surface area contributed by atoms with Crippen molar-refractivity contribution in [2.24, 2.45) is 17.6 Å². The lowest BCUT2D eigenvalue weighted by Crippen LogP contribution is -2.56. The predicted molar refractivity (Wildman–Crippen MR) is 70.9 cm³/mol. The van der Waals surface area contributed by atoms with E-state index < -0.39 is 5.54 Å². The molecule has 1 fully saturated rings. The van der Waals surface area contributed by atoms with Gasteiger partial charge in [-0.25, -0.2) is 0 Å². The minimum Gasteiger partial charge on any atom is -0.376 e. The molecule has 3 heteroatoms. The Bertz CT molecular complexity index is 265. The van der Waals surface area contributed by atoms with E-state index in [9.17, 15) is 0 Å². The maximum atomic E-state index is 6.46. The van der Waals surface area contributed by atoms with Gasteiger partial charge in [0.25, 0.3) is 0 Å². The minimum atomic E-state index is -0.581. The molecule has 0 aromatic carbocycles. The van der Waals surface area contributed by atoms with E-state index in [-0.39, 0.29) is 18.3 Å². The summed E-state index contributed by atoms with van der Waals surface area (Å²) in [5.74, 6) is 0.922. The fourth-order valence-corrected chi connectivity index (χ4v) is 2.83. The average molecular weight is 241 g/mol. The van der Waals surface area contributed by atoms with Crippen LogP contribution in [0.15, 0.2) is 12.7 Å². The average Bonchev–Trinajstić information content (AvgIpc) is 2.51. The smallest absolute Gasteiger partial charge is 0.107 e. The van der Waals surface area contributed by atoms with Crippen molar-refractivity contribution in [2.75, 3.05) is 7.11 Å². The first-order valence-electron chi connectivity index (χ1n) is 6.47. The van der Waals surface area contributed by atoms with Crippen molar-refractivity contribution in [3.63, 3.8) is 0 Å². The maximum absolute atomic E-state index is 6.46. The van der Waals surface area contributed by atoms with Crippen LogP contribution in [0.1, 0.15) is 34.1 Å². The first kappa shape index (κ1) is 14.7. The molecule has 0 amide bonds. The van der Waals surface area contributed by atoms with Gasteiger partial charge in [-0.2, -0.15) is 0 Å². The second-order valence-corrected chi connectivity index (χ2v) is 5.83. The topological polar surface area (TPSA) is 44.5 Å². The molecule has 100 valence electrons. The van der Waals surface area contributed by atoms with Crippen LogP contribution in [0.25, 0.3) is 0 Å². The number of ether oxygens (including phenoxy) is 2. The van der Waals surface area contributed by atoms with E-state index in [1.807, 2.05) is 0 Å². The van der Waals surface area contributed by atoms with Crippen molar-refractivity contribution < 1.29 is 9.47 Å². The van der Waals surface area contributed by atoms with Gasteiger partial charge in [0.1, 0.15) is 6.10 Å². The number of methoxy groups -OCH3 is 1. The van der Waals surface area contributed by atoms with E-state index in [1.54, 1.807) is 13.2 Å². The van der Waals surface area contributed by atoms with Crippen molar-refractivity contribution in [1.82, 2.24) is 0 Å². The highest BCUT2D eigenvalue weighted by Gasteiger charge is 2.53. The van der Waals surface area contributed by atoms with Crippen molar-refractivity contribution in [3.8, 4) is 0 Å². The summed E-state index contributed by atoms with van der Waals surface area (Å²) in [6, 6.07) is 0. The van der Waals surface area contributed by atoms with Crippen LogP contribution >= 0.6 is 0 Å². The van der Waals surface area contributed by atoms with Crippen molar-refractivity contribution >= 4 is 0 Å². The molecule has 0 unspecified atom stereocenters. The standard InChI is InChI=1S/C14H27NO2/c1-7-14(15)12(10(4)5)17-11(8-9(2)3)13(14)16-6/h7,9-13H,1,8,15H2,2-6H3/t11-,12+,13-,14+/m1/s1. The van der Waals surface area contributed by atoms with Crippen LogP contribution in [0.4, 0.5) is 0 Å². The maximum Gasteiger partial charge on any atom is 0.107 e. The lowest BCUT2D eigenvalue weighted by Gasteiger charge is -2.33. The van der Waals surface area contributed by atoms with Crippen LogP contribution in [0.3, 0.4) is 0 Å². The molecule has 17 heavy (non-hydrogen) atoms. The zero-order valence-corrected chi connectivity index (χ0v) is 11.8. The van der Waals surface area contributed by atoms with Gasteiger partial charge in [-0.3, -0.25) is 0 Å². The molecule has 0 spiro atoms. The molecule has 1 aliphatic heterocycles. The lowest BCUT2D eigenvalue weighted by molar-refractivity contribution is -0.0264. The first-order valence-corrected chi connectivity index (χ1v) is 6.47. The Labute approximate surface area is 105 Å². The van der Waals surface area contributed by atoms with Crippen LogP contribution < -0.4 is 5.73 Å². The molecule has 0 aliphatic carbocycles. The third-order valence-electron chi connectivity index (χ3n) is 3.56. The van der Waals surface area contributed by atoms with Crippen molar-refractivity contribution in [1.29, 1.82) is 0 Å². The van der Waals surface area contributed by atoms with Gasteiger partial charge in [-0.15, -0.1) is 6.58 Å². The Kier molecular flexibility index (Phi) is 4.76. The van der Waals surface area contributed by atoms with Crippen molar-refractivity contribution in [2.45, 2.75) is 58.0 Å². The largest absolute Gasteiger partial charge is 0.376 e. The Morgan fingerprint density at radius 2 is 2.00 bits per heavy atom. The summed E-state index contributed by atoms with van der Waals surface area (Å²) in [4.78, 5) is 0. The summed E-state index contributed by atoms with van der Waals surface area (Å²) in [7, 11) is 1.70. The van der Waals surface area contributed by atoms with Crippen LogP contribution in [-0.2, 0) is 9.47 Å². The molecule has 0 saturated carbocycles. The molecular weight excluding hydrogens is 214 g/mol. The molecular formula is C14H27NO2. The van der Waals surface area contributed by atoms with E-state index >= 15 is 0 Å². The number of hydrogen-bond donors (Lipinski definition) is 1. The third kappa shape index (κ3) is 2.72. The van der Waals surface area contributed by atoms with E-state index in [0.29, 0.717) is 11.8 Å². The van der Waals surface area contributed by atoms with Gasteiger partial charge >= 0.3 is 0 Å². The Morgan fingerprint density at radius 1 is 1.41 bits per heavy atom. The summed E-state index contributed by atoms with van der Waals surface area (Å²) < 4.78 is 11.7. The molecule has 2 N–H and O–H groups in total. The molecule has 0 aromatic rings. The summed E-state index contributed by atoms with van der Waals surface area (Å²) in [6.45, 7) is 12.5. The van der Waals surface area contributed by atoms with E-state index in [1.165, 1.54) is 0 Å². The Balaban J connectivity index is 2.96. The lowest BCUT2D eigenvalue weighted by atomic mass is 9.81. The molecule has 0 bridgehead atoms. The zero-order valence-electron chi connectivity index (χ0n) is 11.8. The molecule has 1 aliphatic rings. The number of rotatable bonds is 5. The van der Waals surface area contributed by atoms with Gasteiger partial charge in [-0.05, 0) is 18.3 Å². The van der Waals surface area contributed by atoms with Gasteiger partial charge in [-0.1, -0.05) is 33.8 Å². The minimum absolute atomic E-state index is 0.0197. The summed E-state index contributed by atoms with van der Waals surface area (Å²) >= 11 is 0. The first-order chi connectivity index (χ1) is 7.86. The molecule has 0 radical (unpaired) electrons. The Hall–Kier alpha value is -0.380. The van der Waals surface area contributed by atoms with E-state index in [2.05, 4.69) is 34.3 Å². The highest BCUT2D eigenvalue weighted by Crippen LogP contribution is 2.38. The second kappa shape index (κ2) is 5.51. The van der Waals surface area contributed by atoms with Gasteiger partial charge < -0.3 is 15.2 Å². The summed E-state index contributed by atoms with van der Waals surface area (Å²) in [5.41, 5.74) is 5.88. The van der Waals surface area contributed by atoms with Gasteiger partial charge in [0.15, 0.2) is 0 Å². The SMILES string of the molecule is C=C[C@@]1(N)[C@H](OC)[C@@H](CC(C)C)O[C@H]1C(C)C. The van der Waals surface area contributed by atoms with Crippen LogP contribution in [0, 0.1) is 11.8 Å². The monoisotopic (exact) mass is 241 g/mol. The normalized spacial score (nSPS) is 38.0. The second-order valence-electron chi connectivity index (χ2n) is 5.83. The van der Waals surface area contributed by atoms with Gasteiger partial charge in [0.05, 0.1) is 17.7 Å². The van der Waals surface area contributed by atoms with Gasteiger partial charge in [0, 0.05) is 7.11 Å². The van der Waals surface area contributed by atoms with E-state index in [0.717, 1.165) is 6.42 Å². The zero-order chi connectivity index (χ0) is 13.2. The molecule has 1 saturated heterocycles. The molecule has 3 nitrogen and oxygen atoms in total. The summed E-state index contributed by atoms with van der Waals surface area (Å²) in [5, 5.41) is 0. The van der Waals surface area contributed by atoms with Gasteiger partial charge in [0.2, 0.25) is 0 Å². The van der Waals surface area contributed by atoms with Crippen LogP contribution in [-0.4, -0.2) is 31.0 Å². The molecule has 4 atom stereocenters. The number of hydrogen-bond acceptors (Lipinski definition) is 3. The molecule has 0 aromatic heterocycles. The highest BCUT2D eigenvalue weighted by molar-refractivity contribution is 5.17. The molecule has 1 heterocycles. The quantitative estimate of drug-likeness (QED) is 0.751. The van der Waals surface area contributed by atoms with E-state index in [4.69, 9.17) is 15.2 Å². The fourth-order valence-electron chi connectivity index (χ4n) is 2.83. The highest BCUT2D eigenvalue weighted by atomic mass is 16.6. The molecule has 1 rings (SSSR count). The number of nitrogens with two attached hydrogens (primary N) is 1. The Morgan fingerprint density at radius 3 is 2.35 bits per heavy atom. The summed E-state index contributed by atoms with van der Waals surface area (Å²) in [6.07, 6.45) is 2.71.